The first kappa shape index (κ1) is 24.3. The van der Waals surface area contributed by atoms with Gasteiger partial charge in [-0.05, 0) is 74.5 Å². The summed E-state index contributed by atoms with van der Waals surface area (Å²) in [5.74, 6) is 1.52. The third-order valence-corrected chi connectivity index (χ3v) is 6.29. The molecule has 174 valence electrons. The van der Waals surface area contributed by atoms with Crippen molar-refractivity contribution < 1.29 is 14.3 Å². The molecule has 1 aliphatic carbocycles. The van der Waals surface area contributed by atoms with Crippen LogP contribution in [0.15, 0.2) is 36.4 Å². The van der Waals surface area contributed by atoms with Gasteiger partial charge in [-0.15, -0.1) is 0 Å². The van der Waals surface area contributed by atoms with Crippen molar-refractivity contribution >= 4 is 5.78 Å². The van der Waals surface area contributed by atoms with E-state index >= 15 is 0 Å². The van der Waals surface area contributed by atoms with Crippen LogP contribution in [-0.4, -0.2) is 45.2 Å². The van der Waals surface area contributed by atoms with E-state index in [1.165, 1.54) is 25.7 Å². The highest BCUT2D eigenvalue weighted by molar-refractivity contribution is 6.22. The van der Waals surface area contributed by atoms with Gasteiger partial charge in [0.1, 0.15) is 24.7 Å². The second-order valence-corrected chi connectivity index (χ2v) is 8.62. The number of carbonyl (C=O) groups excluding carboxylic acids is 1. The summed E-state index contributed by atoms with van der Waals surface area (Å²) in [5, 5.41) is 6.63. The molecule has 0 heterocycles. The van der Waals surface area contributed by atoms with E-state index in [0.29, 0.717) is 36.4 Å². The summed E-state index contributed by atoms with van der Waals surface area (Å²) >= 11 is 0. The Hall–Kier alpha value is -2.37. The monoisotopic (exact) mass is 438 g/mol. The van der Waals surface area contributed by atoms with Crippen molar-refractivity contribution in [3.63, 3.8) is 0 Å². The zero-order valence-corrected chi connectivity index (χ0v) is 20.0. The van der Waals surface area contributed by atoms with Crippen molar-refractivity contribution in [3.8, 4) is 22.6 Å². The van der Waals surface area contributed by atoms with E-state index in [2.05, 4.69) is 24.5 Å². The van der Waals surface area contributed by atoms with Gasteiger partial charge in [0.15, 0.2) is 5.78 Å². The van der Waals surface area contributed by atoms with Crippen LogP contribution in [0.2, 0.25) is 0 Å². The Bertz CT molecular complexity index is 825. The van der Waals surface area contributed by atoms with E-state index in [1.54, 1.807) is 0 Å². The van der Waals surface area contributed by atoms with Crippen LogP contribution in [0.25, 0.3) is 11.1 Å². The number of fused-ring (bicyclic) bond motifs is 3. The number of nitrogens with one attached hydrogen (secondary N) is 2. The normalized spacial score (nSPS) is 14.1. The number of likely N-dealkylation sites (N-methyl/N-ethyl adjacent to an activating group) is 2. The number of hydrogen-bond acceptors (Lipinski definition) is 5. The lowest BCUT2D eigenvalue weighted by Gasteiger charge is -2.17. The highest BCUT2D eigenvalue weighted by atomic mass is 16.5. The van der Waals surface area contributed by atoms with Gasteiger partial charge in [-0.1, -0.05) is 39.5 Å². The first-order valence-corrected chi connectivity index (χ1v) is 12.0. The van der Waals surface area contributed by atoms with Crippen molar-refractivity contribution in [3.05, 3.63) is 47.5 Å². The predicted octanol–water partition coefficient (Wildman–Crippen LogP) is 5.21. The molecule has 0 aromatic heterocycles. The van der Waals surface area contributed by atoms with E-state index in [4.69, 9.17) is 9.47 Å². The van der Waals surface area contributed by atoms with Crippen LogP contribution >= 0.6 is 0 Å². The SMILES string of the molecule is CCCCC(COc1ccc2c(c1)C(=O)c1cc(OCC(CCCC)NC)ccc1-2)NC. The number of hydrogen-bond donors (Lipinski definition) is 2. The third kappa shape index (κ3) is 5.90. The topological polar surface area (TPSA) is 59.6 Å². The fourth-order valence-corrected chi connectivity index (χ4v) is 4.13. The molecule has 0 bridgehead atoms. The number of ketones is 1. The summed E-state index contributed by atoms with van der Waals surface area (Å²) in [4.78, 5) is 13.1. The Kier molecular flexibility index (Phi) is 9.12. The molecule has 0 saturated heterocycles. The molecule has 5 nitrogen and oxygen atoms in total. The van der Waals surface area contributed by atoms with Crippen LogP contribution in [0.4, 0.5) is 0 Å². The van der Waals surface area contributed by atoms with Crippen molar-refractivity contribution in [1.82, 2.24) is 10.6 Å². The Labute approximate surface area is 192 Å². The highest BCUT2D eigenvalue weighted by Crippen LogP contribution is 2.40. The zero-order valence-electron chi connectivity index (χ0n) is 20.0. The van der Waals surface area contributed by atoms with Gasteiger partial charge in [0.2, 0.25) is 0 Å². The van der Waals surface area contributed by atoms with E-state index < -0.39 is 0 Å². The van der Waals surface area contributed by atoms with Gasteiger partial charge in [0, 0.05) is 23.2 Å². The minimum absolute atomic E-state index is 0.0400. The minimum Gasteiger partial charge on any atom is -0.492 e. The molecular formula is C27H38N2O3. The maximum absolute atomic E-state index is 13.1. The largest absolute Gasteiger partial charge is 0.492 e. The summed E-state index contributed by atoms with van der Waals surface area (Å²) < 4.78 is 12.0. The van der Waals surface area contributed by atoms with Crippen LogP contribution in [-0.2, 0) is 0 Å². The Morgan fingerprint density at radius 1 is 0.719 bits per heavy atom. The van der Waals surface area contributed by atoms with Gasteiger partial charge in [-0.3, -0.25) is 4.79 Å². The number of rotatable bonds is 14. The van der Waals surface area contributed by atoms with E-state index in [-0.39, 0.29) is 5.78 Å². The lowest BCUT2D eigenvalue weighted by atomic mass is 10.1. The maximum Gasteiger partial charge on any atom is 0.194 e. The minimum atomic E-state index is 0.0400. The molecule has 0 radical (unpaired) electrons. The Morgan fingerprint density at radius 3 is 1.53 bits per heavy atom. The maximum atomic E-state index is 13.1. The summed E-state index contributed by atoms with van der Waals surface area (Å²) in [6.07, 6.45) is 6.85. The van der Waals surface area contributed by atoms with Crippen molar-refractivity contribution in [1.29, 1.82) is 0 Å². The lowest BCUT2D eigenvalue weighted by Crippen LogP contribution is -2.31. The van der Waals surface area contributed by atoms with Gasteiger partial charge in [-0.2, -0.15) is 0 Å². The molecule has 2 N–H and O–H groups in total. The second kappa shape index (κ2) is 12.0. The first-order valence-electron chi connectivity index (χ1n) is 12.0. The summed E-state index contributed by atoms with van der Waals surface area (Å²) in [5.41, 5.74) is 3.35. The van der Waals surface area contributed by atoms with Crippen LogP contribution in [0, 0.1) is 0 Å². The molecule has 2 atom stereocenters. The average molecular weight is 439 g/mol. The van der Waals surface area contributed by atoms with Crippen LogP contribution in [0.1, 0.15) is 68.3 Å². The number of benzene rings is 2. The number of ether oxygens (including phenoxy) is 2. The third-order valence-electron chi connectivity index (χ3n) is 6.29. The summed E-state index contributed by atoms with van der Waals surface area (Å²) in [6.45, 7) is 5.58. The molecule has 2 aromatic carbocycles. The molecular weight excluding hydrogens is 400 g/mol. The number of carbonyl (C=O) groups is 1. The second-order valence-electron chi connectivity index (χ2n) is 8.62. The molecule has 0 fully saturated rings. The molecule has 0 aliphatic heterocycles. The van der Waals surface area contributed by atoms with Gasteiger partial charge >= 0.3 is 0 Å². The van der Waals surface area contributed by atoms with Gasteiger partial charge < -0.3 is 20.1 Å². The summed E-state index contributed by atoms with van der Waals surface area (Å²) in [6, 6.07) is 12.3. The molecule has 1 aliphatic rings. The van der Waals surface area contributed by atoms with Crippen LogP contribution in [0.3, 0.4) is 0 Å². The molecule has 0 amide bonds. The fraction of sp³-hybridized carbons (Fsp3) is 0.519. The predicted molar refractivity (Wildman–Crippen MR) is 131 cm³/mol. The molecule has 2 unspecified atom stereocenters. The number of unbranched alkanes of at least 4 members (excludes halogenated alkanes) is 2. The molecule has 5 heteroatoms. The molecule has 0 spiro atoms. The standard InChI is InChI=1S/C27H38N2O3/c1-5-7-9-19(28-3)17-31-21-11-13-23-24-14-12-22(16-26(24)27(30)25(23)15-21)32-18-20(29-4)10-8-6-2/h11-16,19-20,28-29H,5-10,17-18H2,1-4H3. The smallest absolute Gasteiger partial charge is 0.194 e. The van der Waals surface area contributed by atoms with E-state index in [0.717, 1.165) is 35.5 Å². The van der Waals surface area contributed by atoms with Crippen molar-refractivity contribution in [2.75, 3.05) is 27.3 Å². The quantitative estimate of drug-likeness (QED) is 0.362. The Morgan fingerprint density at radius 2 is 1.16 bits per heavy atom. The van der Waals surface area contributed by atoms with Gasteiger partial charge in [0.25, 0.3) is 0 Å². The van der Waals surface area contributed by atoms with Crippen molar-refractivity contribution in [2.45, 2.75) is 64.5 Å². The van der Waals surface area contributed by atoms with E-state index in [9.17, 15) is 4.79 Å². The fourth-order valence-electron chi connectivity index (χ4n) is 4.13. The molecule has 32 heavy (non-hydrogen) atoms. The van der Waals surface area contributed by atoms with Crippen LogP contribution < -0.4 is 20.1 Å². The lowest BCUT2D eigenvalue weighted by molar-refractivity contribution is 0.104. The summed E-state index contributed by atoms with van der Waals surface area (Å²) in [7, 11) is 3.93. The first-order chi connectivity index (χ1) is 15.6. The molecule has 2 aromatic rings. The molecule has 3 rings (SSSR count). The van der Waals surface area contributed by atoms with Crippen molar-refractivity contribution in [2.24, 2.45) is 0 Å². The van der Waals surface area contributed by atoms with Crippen LogP contribution in [0.5, 0.6) is 11.5 Å². The highest BCUT2D eigenvalue weighted by Gasteiger charge is 2.28. The Balaban J connectivity index is 1.67. The molecule has 0 saturated carbocycles. The van der Waals surface area contributed by atoms with Gasteiger partial charge in [-0.25, -0.2) is 0 Å². The zero-order chi connectivity index (χ0) is 22.9. The average Bonchev–Trinajstić information content (AvgIpc) is 3.10. The van der Waals surface area contributed by atoms with E-state index in [1.807, 2.05) is 50.5 Å². The van der Waals surface area contributed by atoms with Gasteiger partial charge in [0.05, 0.1) is 0 Å².